The molecule has 1 amide bonds. The van der Waals surface area contributed by atoms with Crippen molar-refractivity contribution in [1.82, 2.24) is 14.5 Å². The third-order valence-electron chi connectivity index (χ3n) is 4.24. The number of hydrogen-bond acceptors (Lipinski definition) is 3. The molecule has 2 aromatic heterocycles. The minimum absolute atomic E-state index is 0.0452. The lowest BCUT2D eigenvalue weighted by atomic mass is 10.0. The fourth-order valence-electron chi connectivity index (χ4n) is 2.95. The predicted octanol–water partition coefficient (Wildman–Crippen LogP) is 3.83. The number of benzene rings is 1. The molecule has 3 aromatic rings. The van der Waals surface area contributed by atoms with E-state index in [4.69, 9.17) is 0 Å². The number of anilines is 1. The molecule has 0 unspecified atom stereocenters. The molecule has 0 saturated heterocycles. The molecule has 0 bridgehead atoms. The Morgan fingerprint density at radius 1 is 1.08 bits per heavy atom. The first-order valence-corrected chi connectivity index (χ1v) is 8.90. The lowest BCUT2D eigenvalue weighted by molar-refractivity contribution is -0.116. The second kappa shape index (κ2) is 8.43. The number of imidazole rings is 1. The Labute approximate surface area is 154 Å². The molecule has 1 aromatic carbocycles. The summed E-state index contributed by atoms with van der Waals surface area (Å²) in [7, 11) is 0. The lowest BCUT2D eigenvalue weighted by Gasteiger charge is -2.11. The molecule has 0 aliphatic rings. The van der Waals surface area contributed by atoms with Gasteiger partial charge in [-0.15, -0.1) is 0 Å². The molecule has 0 fully saturated rings. The maximum atomic E-state index is 12.4. The van der Waals surface area contributed by atoms with E-state index in [9.17, 15) is 4.79 Å². The zero-order valence-corrected chi connectivity index (χ0v) is 15.2. The Kier molecular flexibility index (Phi) is 5.79. The van der Waals surface area contributed by atoms with Crippen LogP contribution in [0.5, 0.6) is 0 Å². The predicted molar refractivity (Wildman–Crippen MR) is 103 cm³/mol. The van der Waals surface area contributed by atoms with Gasteiger partial charge in [0.1, 0.15) is 12.4 Å². The van der Waals surface area contributed by atoms with Crippen LogP contribution in [0.3, 0.4) is 0 Å². The van der Waals surface area contributed by atoms with Crippen LogP contribution in [-0.4, -0.2) is 20.4 Å². The van der Waals surface area contributed by atoms with Crippen LogP contribution < -0.4 is 5.32 Å². The summed E-state index contributed by atoms with van der Waals surface area (Å²) >= 11 is 0. The summed E-state index contributed by atoms with van der Waals surface area (Å²) in [4.78, 5) is 20.7. The van der Waals surface area contributed by atoms with E-state index in [0.717, 1.165) is 24.4 Å². The van der Waals surface area contributed by atoms with Crippen LogP contribution in [-0.2, 0) is 24.2 Å². The Morgan fingerprint density at radius 3 is 2.62 bits per heavy atom. The van der Waals surface area contributed by atoms with Crippen LogP contribution in [0.15, 0.2) is 61.2 Å². The van der Waals surface area contributed by atoms with E-state index in [1.165, 1.54) is 11.1 Å². The van der Waals surface area contributed by atoms with E-state index in [2.05, 4.69) is 35.2 Å². The molecule has 26 heavy (non-hydrogen) atoms. The number of pyridine rings is 1. The summed E-state index contributed by atoms with van der Waals surface area (Å²) in [6.45, 7) is 4.42. The highest BCUT2D eigenvalue weighted by atomic mass is 16.1. The first kappa shape index (κ1) is 17.9. The van der Waals surface area contributed by atoms with Gasteiger partial charge in [-0.2, -0.15) is 0 Å². The SMILES string of the molecule is CC(C)c1nccn1CC(=O)Nc1cccc(CCc2ccncc2)c1. The minimum Gasteiger partial charge on any atom is -0.325 e. The van der Waals surface area contributed by atoms with Gasteiger partial charge in [0.2, 0.25) is 5.91 Å². The molecule has 5 nitrogen and oxygen atoms in total. The molecular formula is C21H24N4O. The maximum absolute atomic E-state index is 12.4. The van der Waals surface area contributed by atoms with E-state index in [0.29, 0.717) is 0 Å². The van der Waals surface area contributed by atoms with Gasteiger partial charge >= 0.3 is 0 Å². The summed E-state index contributed by atoms with van der Waals surface area (Å²) in [5.74, 6) is 1.16. The molecular weight excluding hydrogens is 324 g/mol. The van der Waals surface area contributed by atoms with Crippen LogP contribution in [0.2, 0.25) is 0 Å². The average Bonchev–Trinajstić information content (AvgIpc) is 3.09. The van der Waals surface area contributed by atoms with E-state index in [1.54, 1.807) is 6.20 Å². The Bertz CT molecular complexity index is 855. The number of aryl methyl sites for hydroxylation is 2. The van der Waals surface area contributed by atoms with Crippen molar-refractivity contribution in [3.05, 3.63) is 78.1 Å². The van der Waals surface area contributed by atoms with Gasteiger partial charge in [-0.05, 0) is 48.2 Å². The Hall–Kier alpha value is -2.95. The molecule has 1 N–H and O–H groups in total. The highest BCUT2D eigenvalue weighted by Gasteiger charge is 2.11. The maximum Gasteiger partial charge on any atom is 0.244 e. The number of carbonyl (C=O) groups excluding carboxylic acids is 1. The smallest absolute Gasteiger partial charge is 0.244 e. The van der Waals surface area contributed by atoms with E-state index < -0.39 is 0 Å². The van der Waals surface area contributed by atoms with Crippen LogP contribution in [0.4, 0.5) is 5.69 Å². The van der Waals surface area contributed by atoms with Gasteiger partial charge in [-0.3, -0.25) is 9.78 Å². The molecule has 0 saturated carbocycles. The van der Waals surface area contributed by atoms with Gasteiger partial charge in [0.05, 0.1) is 0 Å². The second-order valence-electron chi connectivity index (χ2n) is 6.67. The van der Waals surface area contributed by atoms with Gasteiger partial charge < -0.3 is 9.88 Å². The average molecular weight is 348 g/mol. The molecule has 134 valence electrons. The van der Waals surface area contributed by atoms with Crippen molar-refractivity contribution in [3.63, 3.8) is 0 Å². The van der Waals surface area contributed by atoms with Gasteiger partial charge in [0.15, 0.2) is 0 Å². The largest absolute Gasteiger partial charge is 0.325 e. The first-order chi connectivity index (χ1) is 12.6. The fourth-order valence-corrected chi connectivity index (χ4v) is 2.95. The number of hydrogen-bond donors (Lipinski definition) is 1. The molecule has 2 heterocycles. The summed E-state index contributed by atoms with van der Waals surface area (Å²) in [6.07, 6.45) is 9.09. The van der Waals surface area contributed by atoms with Crippen molar-refractivity contribution < 1.29 is 4.79 Å². The highest BCUT2D eigenvalue weighted by molar-refractivity contribution is 5.90. The second-order valence-corrected chi connectivity index (χ2v) is 6.67. The molecule has 0 atom stereocenters. The molecule has 0 aliphatic carbocycles. The van der Waals surface area contributed by atoms with Crippen LogP contribution in [0.25, 0.3) is 0 Å². The van der Waals surface area contributed by atoms with Gasteiger partial charge in [-0.25, -0.2) is 4.98 Å². The van der Waals surface area contributed by atoms with Crippen LogP contribution in [0, 0.1) is 0 Å². The van der Waals surface area contributed by atoms with E-state index in [-0.39, 0.29) is 18.4 Å². The van der Waals surface area contributed by atoms with Crippen LogP contribution in [0.1, 0.15) is 36.7 Å². The molecule has 0 spiro atoms. The summed E-state index contributed by atoms with van der Waals surface area (Å²) < 4.78 is 1.90. The van der Waals surface area contributed by atoms with Crippen molar-refractivity contribution in [2.24, 2.45) is 0 Å². The Balaban J connectivity index is 1.59. The zero-order valence-electron chi connectivity index (χ0n) is 15.2. The van der Waals surface area contributed by atoms with Crippen molar-refractivity contribution in [3.8, 4) is 0 Å². The van der Waals surface area contributed by atoms with Gasteiger partial charge in [0.25, 0.3) is 0 Å². The van der Waals surface area contributed by atoms with Gasteiger partial charge in [-0.1, -0.05) is 26.0 Å². The van der Waals surface area contributed by atoms with Crippen LogP contribution >= 0.6 is 0 Å². The quantitative estimate of drug-likeness (QED) is 0.706. The van der Waals surface area contributed by atoms with E-state index in [1.807, 2.05) is 53.5 Å². The summed E-state index contributed by atoms with van der Waals surface area (Å²) in [6, 6.07) is 12.1. The van der Waals surface area contributed by atoms with Crippen molar-refractivity contribution in [2.75, 3.05) is 5.32 Å². The van der Waals surface area contributed by atoms with Crippen molar-refractivity contribution >= 4 is 11.6 Å². The molecule has 0 aliphatic heterocycles. The topological polar surface area (TPSA) is 59.8 Å². The van der Waals surface area contributed by atoms with E-state index >= 15 is 0 Å². The Morgan fingerprint density at radius 2 is 1.85 bits per heavy atom. The zero-order chi connectivity index (χ0) is 18.4. The number of carbonyl (C=O) groups is 1. The lowest BCUT2D eigenvalue weighted by Crippen LogP contribution is -2.20. The monoisotopic (exact) mass is 348 g/mol. The number of nitrogens with zero attached hydrogens (tertiary/aromatic N) is 3. The number of nitrogens with one attached hydrogen (secondary N) is 1. The summed E-state index contributed by atoms with van der Waals surface area (Å²) in [5.41, 5.74) is 3.29. The third kappa shape index (κ3) is 4.79. The summed E-state index contributed by atoms with van der Waals surface area (Å²) in [5, 5.41) is 2.99. The third-order valence-corrected chi connectivity index (χ3v) is 4.24. The molecule has 3 rings (SSSR count). The normalized spacial score (nSPS) is 10.9. The standard InChI is InChI=1S/C21H24N4O/c1-16(2)21-23-12-13-25(21)15-20(26)24-19-5-3-4-18(14-19)7-6-17-8-10-22-11-9-17/h3-5,8-14,16H,6-7,15H2,1-2H3,(H,24,26). The number of aromatic nitrogens is 3. The van der Waals surface area contributed by atoms with Crippen molar-refractivity contribution in [1.29, 1.82) is 0 Å². The number of amides is 1. The van der Waals surface area contributed by atoms with Gasteiger partial charge in [0, 0.05) is 36.4 Å². The molecule has 0 radical (unpaired) electrons. The minimum atomic E-state index is -0.0452. The fraction of sp³-hybridized carbons (Fsp3) is 0.286. The first-order valence-electron chi connectivity index (χ1n) is 8.90. The highest BCUT2D eigenvalue weighted by Crippen LogP contribution is 2.15. The molecule has 5 heteroatoms. The number of rotatable bonds is 7. The van der Waals surface area contributed by atoms with Crippen molar-refractivity contribution in [2.45, 2.75) is 39.2 Å².